The number of rotatable bonds is 7. The molecule has 1 aliphatic rings. The molecule has 0 saturated heterocycles. The third-order valence-corrected chi connectivity index (χ3v) is 3.76. The van der Waals surface area contributed by atoms with E-state index in [4.69, 9.17) is 0 Å². The highest BCUT2D eigenvalue weighted by atomic mass is 16.8. The van der Waals surface area contributed by atoms with Crippen molar-refractivity contribution in [2.45, 2.75) is 12.8 Å². The van der Waals surface area contributed by atoms with Crippen molar-refractivity contribution in [1.29, 1.82) is 0 Å². The summed E-state index contributed by atoms with van der Waals surface area (Å²) in [5.74, 6) is -1.14. The van der Waals surface area contributed by atoms with Gasteiger partial charge in [0.1, 0.15) is 5.75 Å². The number of phenolic OH excluding ortho intramolecular Hbond substituents is 1. The molecule has 0 saturated carbocycles. The van der Waals surface area contributed by atoms with Crippen LogP contribution < -0.4 is 16.0 Å². The largest absolute Gasteiger partial charge is 0.508 e. The molecule has 0 aromatic heterocycles. The van der Waals surface area contributed by atoms with Crippen molar-refractivity contribution in [1.82, 2.24) is 10.9 Å². The molecule has 1 aromatic rings. The molecule has 0 heterocycles. The number of phenols is 1. The molecule has 146 valence electrons. The van der Waals surface area contributed by atoms with Crippen molar-refractivity contribution in [3.63, 3.8) is 0 Å². The second kappa shape index (κ2) is 9.76. The fourth-order valence-corrected chi connectivity index (χ4v) is 2.43. The van der Waals surface area contributed by atoms with Crippen molar-refractivity contribution >= 4 is 11.8 Å². The minimum Gasteiger partial charge on any atom is -0.508 e. The summed E-state index contributed by atoms with van der Waals surface area (Å²) >= 11 is 0. The zero-order valence-corrected chi connectivity index (χ0v) is 15.1. The number of aromatic hydroxyl groups is 1. The number of hydrogen-bond acceptors (Lipinski definition) is 6. The zero-order valence-electron chi connectivity index (χ0n) is 15.1. The monoisotopic (exact) mass is 388 g/mol. The van der Waals surface area contributed by atoms with E-state index in [9.17, 15) is 24.5 Å². The van der Waals surface area contributed by atoms with E-state index in [1.807, 2.05) is 0 Å². The quantitative estimate of drug-likeness (QED) is 0.461. The lowest BCUT2D eigenvalue weighted by Gasteiger charge is -2.08. The van der Waals surface area contributed by atoms with Crippen molar-refractivity contribution in [3.05, 3.63) is 74.7 Å². The number of hydrogen-bond donors (Lipinski definition) is 4. The Hall–Kier alpha value is -3.82. The smallest absolute Gasteiger partial charge is 0.270 e. The second-order valence-corrected chi connectivity index (χ2v) is 5.89. The highest BCUT2D eigenvalue weighted by Crippen LogP contribution is 2.15. The second-order valence-electron chi connectivity index (χ2n) is 5.89. The molecule has 0 atom stereocenters. The van der Waals surface area contributed by atoms with Gasteiger partial charge in [-0.3, -0.25) is 20.4 Å². The van der Waals surface area contributed by atoms with Crippen LogP contribution in [0.15, 0.2) is 59.3 Å². The minimum atomic E-state index is -0.667. The van der Waals surface area contributed by atoms with Crippen LogP contribution in [0.3, 0.4) is 0 Å². The molecule has 1 aliphatic carbocycles. The Balaban J connectivity index is 2.03. The highest BCUT2D eigenvalue weighted by Gasteiger charge is 2.20. The summed E-state index contributed by atoms with van der Waals surface area (Å²) in [6.07, 6.45) is 4.49. The van der Waals surface area contributed by atoms with E-state index in [0.717, 1.165) is 0 Å². The van der Waals surface area contributed by atoms with E-state index in [0.29, 0.717) is 16.1 Å². The average Bonchev–Trinajstić information content (AvgIpc) is 2.88. The Morgan fingerprint density at radius 2 is 2.07 bits per heavy atom. The third kappa shape index (κ3) is 6.16. The number of nitrogens with zero attached hydrogens (tertiary/aromatic N) is 1. The van der Waals surface area contributed by atoms with Gasteiger partial charge in [-0.1, -0.05) is 12.1 Å². The highest BCUT2D eigenvalue weighted by molar-refractivity contribution is 5.98. The topological polar surface area (TPSA) is 139 Å². The van der Waals surface area contributed by atoms with Crippen LogP contribution >= 0.6 is 0 Å². The number of hydrazine groups is 1. The molecule has 1 aromatic carbocycles. The first-order valence-electron chi connectivity index (χ1n) is 8.26. The third-order valence-electron chi connectivity index (χ3n) is 3.76. The van der Waals surface area contributed by atoms with Gasteiger partial charge in [-0.25, -0.2) is 4.84 Å². The number of benzene rings is 1. The number of carbonyl (C=O) groups is 2. The minimum absolute atomic E-state index is 0.0310. The molecule has 0 spiro atoms. The fraction of sp³-hybridized carbons (Fsp3) is 0.222. The van der Waals surface area contributed by atoms with E-state index >= 15 is 0 Å². The lowest BCUT2D eigenvalue weighted by Crippen LogP contribution is -2.61. The van der Waals surface area contributed by atoms with Crippen LogP contribution in [-0.2, 0) is 20.8 Å². The van der Waals surface area contributed by atoms with Crippen molar-refractivity contribution in [3.8, 4) is 5.75 Å². The molecular formula is C18H20N4O6+2. The molecule has 28 heavy (non-hydrogen) atoms. The first-order chi connectivity index (χ1) is 13.4. The molecule has 10 nitrogen and oxygen atoms in total. The predicted octanol–water partition coefficient (Wildman–Crippen LogP) is -0.590. The van der Waals surface area contributed by atoms with Gasteiger partial charge in [-0.15, -0.1) is 0 Å². The molecule has 0 unspecified atom stereocenters. The SMILES string of the molecule is CO[N+](=O)CC1=CC(C(=O)NNC(=O)Cc2cccc(O)c2)=CC([NH+]=O)=CC1. The van der Waals surface area contributed by atoms with Crippen LogP contribution in [0, 0.1) is 9.81 Å². The van der Waals surface area contributed by atoms with Crippen LogP contribution in [0.5, 0.6) is 5.75 Å². The number of allylic oxidation sites excluding steroid dienone is 2. The van der Waals surface area contributed by atoms with Crippen LogP contribution in [0.2, 0.25) is 0 Å². The van der Waals surface area contributed by atoms with Crippen molar-refractivity contribution in [2.24, 2.45) is 0 Å². The fourth-order valence-electron chi connectivity index (χ4n) is 2.43. The lowest BCUT2D eigenvalue weighted by atomic mass is 10.1. The Morgan fingerprint density at radius 3 is 2.75 bits per heavy atom. The summed E-state index contributed by atoms with van der Waals surface area (Å²) in [6.45, 7) is -0.117. The van der Waals surface area contributed by atoms with Crippen molar-refractivity contribution in [2.75, 3.05) is 13.7 Å². The molecule has 0 aliphatic heterocycles. The van der Waals surface area contributed by atoms with Gasteiger partial charge in [0.2, 0.25) is 10.8 Å². The molecule has 2 rings (SSSR count). The van der Waals surface area contributed by atoms with Gasteiger partial charge in [0, 0.05) is 33.7 Å². The van der Waals surface area contributed by atoms with Gasteiger partial charge < -0.3 is 5.11 Å². The number of carbonyl (C=O) groups excluding carboxylic acids is 2. The normalized spacial score (nSPS) is 13.2. The van der Waals surface area contributed by atoms with Gasteiger partial charge >= 0.3 is 0 Å². The van der Waals surface area contributed by atoms with E-state index in [2.05, 4.69) is 15.7 Å². The van der Waals surface area contributed by atoms with Crippen LogP contribution in [0.25, 0.3) is 0 Å². The molecule has 2 amide bonds. The Labute approximate surface area is 160 Å². The molecule has 10 heteroatoms. The molecule has 0 bridgehead atoms. The summed E-state index contributed by atoms with van der Waals surface area (Å²) in [4.78, 5) is 51.6. The van der Waals surface area contributed by atoms with Gasteiger partial charge in [0.25, 0.3) is 18.1 Å². The number of amides is 2. The molecule has 0 radical (unpaired) electrons. The summed E-state index contributed by atoms with van der Waals surface area (Å²) < 4.78 is 0. The Morgan fingerprint density at radius 1 is 1.29 bits per heavy atom. The summed E-state index contributed by atoms with van der Waals surface area (Å²) in [7, 11) is 1.22. The van der Waals surface area contributed by atoms with E-state index in [-0.39, 0.29) is 36.4 Å². The van der Waals surface area contributed by atoms with Crippen molar-refractivity contribution < 1.29 is 29.6 Å². The molecular weight excluding hydrogens is 368 g/mol. The summed E-state index contributed by atoms with van der Waals surface area (Å²) in [5, 5.41) is 11.1. The lowest BCUT2D eigenvalue weighted by molar-refractivity contribution is -0.791. The Bertz CT molecular complexity index is 888. The van der Waals surface area contributed by atoms with Gasteiger partial charge in [-0.2, -0.15) is 0 Å². The van der Waals surface area contributed by atoms with Gasteiger partial charge in [0.05, 0.1) is 11.3 Å². The van der Waals surface area contributed by atoms with Crippen LogP contribution in [0.4, 0.5) is 0 Å². The average molecular weight is 388 g/mol. The van der Waals surface area contributed by atoms with E-state index in [1.54, 1.807) is 17.3 Å². The van der Waals surface area contributed by atoms with Crippen LogP contribution in [0.1, 0.15) is 12.0 Å². The maximum Gasteiger partial charge on any atom is 0.270 e. The van der Waals surface area contributed by atoms with Crippen LogP contribution in [-0.4, -0.2) is 35.5 Å². The first kappa shape index (κ1) is 20.5. The maximum atomic E-state index is 12.4. The van der Waals surface area contributed by atoms with E-state index < -0.39 is 11.8 Å². The van der Waals surface area contributed by atoms with E-state index in [1.165, 1.54) is 37.5 Å². The maximum absolute atomic E-state index is 12.4. The Kier molecular flexibility index (Phi) is 7.14. The zero-order chi connectivity index (χ0) is 20.5. The summed E-state index contributed by atoms with van der Waals surface area (Å²) in [5.41, 5.74) is 5.84. The van der Waals surface area contributed by atoms with Gasteiger partial charge in [-0.05, 0) is 29.8 Å². The first-order valence-corrected chi connectivity index (χ1v) is 8.26. The predicted molar refractivity (Wildman–Crippen MR) is 96.8 cm³/mol. The number of nitrogens with one attached hydrogen (secondary N) is 3. The number of nitroso groups, excluding NO2 is 1. The summed E-state index contributed by atoms with van der Waals surface area (Å²) in [6, 6.07) is 6.17. The van der Waals surface area contributed by atoms with Gasteiger partial charge in [0.15, 0.2) is 7.11 Å². The molecule has 0 fully saturated rings. The molecule has 4 N–H and O–H groups in total. The standard InChI is InChI=1S/C18H18N4O6/c1-28-22(27)11-13-5-6-15(21-26)10-14(7-13)18(25)20-19-17(24)9-12-3-2-4-16(23)8-12/h2-4,6-8,10H,5,9,11H2,1H3,(H2-,19,20,23,24,25)/p+2.